The molecule has 3 N–H and O–H groups in total. The first-order chi connectivity index (χ1) is 12.0. The van der Waals surface area contributed by atoms with Crippen molar-refractivity contribution in [3.05, 3.63) is 64.1 Å². The summed E-state index contributed by atoms with van der Waals surface area (Å²) in [5, 5.41) is 15.3. The molecule has 0 bridgehead atoms. The fourth-order valence-electron chi connectivity index (χ4n) is 2.27. The smallest absolute Gasteiger partial charge is 0.321 e. The Kier molecular flexibility index (Phi) is 7.25. The van der Waals surface area contributed by atoms with Gasteiger partial charge in [-0.3, -0.25) is 9.59 Å². The summed E-state index contributed by atoms with van der Waals surface area (Å²) >= 11 is 11.9. The maximum Gasteiger partial charge on any atom is 0.321 e. The molecule has 1 atom stereocenters. The van der Waals surface area contributed by atoms with E-state index in [4.69, 9.17) is 23.2 Å². The minimum absolute atomic E-state index is 0.215. The van der Waals surface area contributed by atoms with Gasteiger partial charge in [0.15, 0.2) is 0 Å². The van der Waals surface area contributed by atoms with Crippen molar-refractivity contribution in [1.82, 2.24) is 5.32 Å². The maximum atomic E-state index is 12.1. The van der Waals surface area contributed by atoms with Crippen molar-refractivity contribution >= 4 is 40.8 Å². The van der Waals surface area contributed by atoms with Gasteiger partial charge in [0.05, 0.1) is 22.2 Å². The number of carboxylic acids is 1. The van der Waals surface area contributed by atoms with E-state index in [9.17, 15) is 14.7 Å². The van der Waals surface area contributed by atoms with Crippen molar-refractivity contribution in [2.75, 3.05) is 11.9 Å². The summed E-state index contributed by atoms with van der Waals surface area (Å²) in [6.07, 6.45) is 0.458. The molecule has 2 aromatic carbocycles. The van der Waals surface area contributed by atoms with Crippen molar-refractivity contribution in [1.29, 1.82) is 0 Å². The summed E-state index contributed by atoms with van der Waals surface area (Å²) in [6, 6.07) is 13.6. The van der Waals surface area contributed by atoms with Crippen molar-refractivity contribution in [3.8, 4) is 0 Å². The van der Waals surface area contributed by atoms with Crippen LogP contribution in [-0.4, -0.2) is 29.6 Å². The first-order valence-corrected chi connectivity index (χ1v) is 8.47. The zero-order chi connectivity index (χ0) is 18.2. The van der Waals surface area contributed by atoms with Gasteiger partial charge in [-0.15, -0.1) is 0 Å². The molecule has 7 heteroatoms. The number of carbonyl (C=O) groups excluding carboxylic acids is 1. The molecule has 0 saturated heterocycles. The number of halogens is 2. The fourth-order valence-corrected chi connectivity index (χ4v) is 2.62. The Morgan fingerprint density at radius 2 is 1.76 bits per heavy atom. The highest BCUT2D eigenvalue weighted by Crippen LogP contribution is 2.29. The second-order valence-corrected chi connectivity index (χ2v) is 6.22. The zero-order valence-electron chi connectivity index (χ0n) is 13.3. The van der Waals surface area contributed by atoms with E-state index in [1.807, 2.05) is 30.3 Å². The van der Waals surface area contributed by atoms with Crippen LogP contribution in [-0.2, 0) is 16.0 Å². The quantitative estimate of drug-likeness (QED) is 0.653. The van der Waals surface area contributed by atoms with E-state index in [1.165, 1.54) is 0 Å². The Bertz CT molecular complexity index is 738. The molecule has 2 aromatic rings. The third-order valence-corrected chi connectivity index (χ3v) is 4.38. The number of rotatable bonds is 8. The number of carbonyl (C=O) groups is 2. The number of carboxylic acid groups (broad SMARTS) is 1. The topological polar surface area (TPSA) is 78.4 Å². The third-order valence-electron chi connectivity index (χ3n) is 3.56. The predicted molar refractivity (Wildman–Crippen MR) is 99.3 cm³/mol. The molecule has 0 aliphatic heterocycles. The van der Waals surface area contributed by atoms with Crippen molar-refractivity contribution < 1.29 is 14.7 Å². The molecule has 0 unspecified atom stereocenters. The molecule has 2 rings (SSSR count). The Balaban J connectivity index is 1.88. The lowest BCUT2D eigenvalue weighted by atomic mass is 10.1. The van der Waals surface area contributed by atoms with Crippen LogP contribution in [0.3, 0.4) is 0 Å². The van der Waals surface area contributed by atoms with Crippen LogP contribution in [0.4, 0.5) is 5.69 Å². The fraction of sp³-hybridized carbons (Fsp3) is 0.222. The van der Waals surface area contributed by atoms with E-state index < -0.39 is 17.9 Å². The largest absolute Gasteiger partial charge is 0.480 e. The van der Waals surface area contributed by atoms with Crippen LogP contribution >= 0.6 is 23.2 Å². The first-order valence-electron chi connectivity index (χ1n) is 7.71. The van der Waals surface area contributed by atoms with Gasteiger partial charge in [0.2, 0.25) is 5.91 Å². The Morgan fingerprint density at radius 1 is 1.04 bits per heavy atom. The lowest BCUT2D eigenvalue weighted by Crippen LogP contribution is -2.40. The summed E-state index contributed by atoms with van der Waals surface area (Å²) in [5.74, 6) is -1.54. The molecule has 0 fully saturated rings. The molecule has 1 amide bonds. The minimum atomic E-state index is -1.08. The second-order valence-electron chi connectivity index (χ2n) is 5.43. The number of amides is 1. The van der Waals surface area contributed by atoms with Crippen LogP contribution in [0.25, 0.3) is 0 Å². The number of hydrogen-bond donors (Lipinski definition) is 3. The van der Waals surface area contributed by atoms with Gasteiger partial charge in [-0.1, -0.05) is 59.6 Å². The van der Waals surface area contributed by atoms with Crippen LogP contribution in [0.5, 0.6) is 0 Å². The highest BCUT2D eigenvalue weighted by atomic mass is 35.5. The number of nitrogens with one attached hydrogen (secondary N) is 2. The zero-order valence-corrected chi connectivity index (χ0v) is 14.8. The standard InChI is InChI=1S/C18H18Cl2N2O3/c19-13-7-4-8-14(17(13)20)22-16(23)11-15(18(24)25)21-10-9-12-5-2-1-3-6-12/h1-8,15,21H,9-11H2,(H,22,23)(H,24,25)/t15-/m0/s1. The lowest BCUT2D eigenvalue weighted by molar-refractivity contribution is -0.141. The molecule has 0 radical (unpaired) electrons. The minimum Gasteiger partial charge on any atom is -0.480 e. The Morgan fingerprint density at radius 3 is 2.44 bits per heavy atom. The van der Waals surface area contributed by atoms with Gasteiger partial charge in [0.25, 0.3) is 0 Å². The third kappa shape index (κ3) is 6.05. The average Bonchev–Trinajstić information content (AvgIpc) is 2.59. The average molecular weight is 381 g/mol. The van der Waals surface area contributed by atoms with Crippen LogP contribution in [0.2, 0.25) is 10.0 Å². The molecule has 0 aliphatic carbocycles. The predicted octanol–water partition coefficient (Wildman–Crippen LogP) is 3.61. The number of benzene rings is 2. The van der Waals surface area contributed by atoms with E-state index in [1.54, 1.807) is 18.2 Å². The van der Waals surface area contributed by atoms with E-state index in [2.05, 4.69) is 10.6 Å². The van der Waals surface area contributed by atoms with Crippen LogP contribution in [0.1, 0.15) is 12.0 Å². The summed E-state index contributed by atoms with van der Waals surface area (Å²) in [5.41, 5.74) is 1.45. The molecular formula is C18H18Cl2N2O3. The summed E-state index contributed by atoms with van der Waals surface area (Å²) in [7, 11) is 0. The van der Waals surface area contributed by atoms with Gasteiger partial charge in [-0.25, -0.2) is 0 Å². The SMILES string of the molecule is O=C(C[C@H](NCCc1ccccc1)C(=O)O)Nc1cccc(Cl)c1Cl. The van der Waals surface area contributed by atoms with E-state index in [-0.39, 0.29) is 11.4 Å². The number of anilines is 1. The summed E-state index contributed by atoms with van der Waals surface area (Å²) in [6.45, 7) is 0.451. The Labute approximate surface area is 156 Å². The number of aliphatic carboxylic acids is 1. The van der Waals surface area contributed by atoms with Gasteiger partial charge in [-0.2, -0.15) is 0 Å². The molecule has 0 heterocycles. The van der Waals surface area contributed by atoms with Crippen molar-refractivity contribution in [2.45, 2.75) is 18.9 Å². The molecule has 0 spiro atoms. The number of hydrogen-bond acceptors (Lipinski definition) is 3. The van der Waals surface area contributed by atoms with E-state index in [0.29, 0.717) is 23.7 Å². The summed E-state index contributed by atoms with van der Waals surface area (Å²) < 4.78 is 0. The molecule has 5 nitrogen and oxygen atoms in total. The van der Waals surface area contributed by atoms with Crippen LogP contribution in [0.15, 0.2) is 48.5 Å². The second kappa shape index (κ2) is 9.42. The highest BCUT2D eigenvalue weighted by Gasteiger charge is 2.21. The monoisotopic (exact) mass is 380 g/mol. The Hall–Kier alpha value is -2.08. The lowest BCUT2D eigenvalue weighted by Gasteiger charge is -2.15. The molecule has 132 valence electrons. The summed E-state index contributed by atoms with van der Waals surface area (Å²) in [4.78, 5) is 23.5. The van der Waals surface area contributed by atoms with Crippen LogP contribution in [0, 0.1) is 0 Å². The van der Waals surface area contributed by atoms with E-state index in [0.717, 1.165) is 5.56 Å². The first kappa shape index (κ1) is 19.2. The molecule has 0 aromatic heterocycles. The maximum absolute atomic E-state index is 12.1. The molecule has 0 aliphatic rings. The van der Waals surface area contributed by atoms with Gasteiger partial charge < -0.3 is 15.7 Å². The van der Waals surface area contributed by atoms with Gasteiger partial charge in [0.1, 0.15) is 6.04 Å². The van der Waals surface area contributed by atoms with Crippen molar-refractivity contribution in [2.24, 2.45) is 0 Å². The highest BCUT2D eigenvalue weighted by molar-refractivity contribution is 6.43. The normalized spacial score (nSPS) is 11.8. The van der Waals surface area contributed by atoms with Gasteiger partial charge >= 0.3 is 5.97 Å². The van der Waals surface area contributed by atoms with Crippen molar-refractivity contribution in [3.63, 3.8) is 0 Å². The molecule has 25 heavy (non-hydrogen) atoms. The molecular weight excluding hydrogens is 363 g/mol. The van der Waals surface area contributed by atoms with Crippen LogP contribution < -0.4 is 10.6 Å². The molecule has 0 saturated carbocycles. The van der Waals surface area contributed by atoms with Gasteiger partial charge in [-0.05, 0) is 30.7 Å². The van der Waals surface area contributed by atoms with E-state index >= 15 is 0 Å². The van der Waals surface area contributed by atoms with Gasteiger partial charge in [0, 0.05) is 0 Å².